The molecule has 0 amide bonds. The molecule has 0 saturated carbocycles. The van der Waals surface area contributed by atoms with E-state index in [1.165, 1.54) is 12.1 Å². The fourth-order valence-electron chi connectivity index (χ4n) is 1.14. The van der Waals surface area contributed by atoms with Gasteiger partial charge in [0, 0.05) is 10.6 Å². The molecule has 2 nitrogen and oxygen atoms in total. The van der Waals surface area contributed by atoms with Gasteiger partial charge < -0.3 is 4.74 Å². The summed E-state index contributed by atoms with van der Waals surface area (Å²) in [5, 5.41) is 0.211. The summed E-state index contributed by atoms with van der Waals surface area (Å²) in [6.07, 6.45) is 0. The number of carbonyl (C=O) groups is 1. The van der Waals surface area contributed by atoms with Crippen molar-refractivity contribution in [2.24, 2.45) is 0 Å². The second-order valence-electron chi connectivity index (χ2n) is 2.97. The number of methoxy groups -OCH3 is 1. The lowest BCUT2D eigenvalue weighted by molar-refractivity contribution is -0.154. The van der Waals surface area contributed by atoms with Gasteiger partial charge in [0.25, 0.3) is 0 Å². The molecule has 0 N–H and O–H groups in total. The second kappa shape index (κ2) is 3.96. The number of hydrogen-bond acceptors (Lipinski definition) is 2. The maximum absolute atomic E-state index is 13.9. The Hall–Kier alpha value is -1.09. The van der Waals surface area contributed by atoms with Gasteiger partial charge in [0.2, 0.25) is 5.67 Å². The lowest BCUT2D eigenvalue weighted by Crippen LogP contribution is -2.28. The van der Waals surface area contributed by atoms with Gasteiger partial charge in [-0.25, -0.2) is 9.18 Å². The van der Waals surface area contributed by atoms with E-state index in [-0.39, 0.29) is 10.6 Å². The van der Waals surface area contributed by atoms with Gasteiger partial charge in [-0.05, 0) is 13.0 Å². The van der Waals surface area contributed by atoms with Gasteiger partial charge in [-0.3, -0.25) is 0 Å². The highest BCUT2D eigenvalue weighted by Gasteiger charge is 2.37. The number of esters is 1. The summed E-state index contributed by atoms with van der Waals surface area (Å²) >= 11 is 5.76. The molecular weight excluding hydrogens is 207 g/mol. The molecule has 0 spiro atoms. The monoisotopic (exact) mass is 216 g/mol. The van der Waals surface area contributed by atoms with E-state index in [4.69, 9.17) is 11.6 Å². The minimum atomic E-state index is -2.20. The van der Waals surface area contributed by atoms with E-state index in [1.807, 2.05) is 0 Å². The summed E-state index contributed by atoms with van der Waals surface area (Å²) in [5.41, 5.74) is -2.08. The normalized spacial score (nSPS) is 14.6. The lowest BCUT2D eigenvalue weighted by atomic mass is 9.98. The van der Waals surface area contributed by atoms with Crippen molar-refractivity contribution in [2.75, 3.05) is 7.11 Å². The molecule has 1 aromatic rings. The molecule has 1 unspecified atom stereocenters. The van der Waals surface area contributed by atoms with Crippen LogP contribution >= 0.6 is 11.6 Å². The zero-order valence-electron chi connectivity index (χ0n) is 7.88. The topological polar surface area (TPSA) is 26.3 Å². The van der Waals surface area contributed by atoms with Crippen molar-refractivity contribution in [1.29, 1.82) is 0 Å². The Kier molecular flexibility index (Phi) is 3.11. The predicted molar refractivity (Wildman–Crippen MR) is 51.9 cm³/mol. The summed E-state index contributed by atoms with van der Waals surface area (Å²) in [6.45, 7) is 1.13. The van der Waals surface area contributed by atoms with E-state index in [9.17, 15) is 9.18 Å². The van der Waals surface area contributed by atoms with Crippen LogP contribution in [0.1, 0.15) is 12.5 Å². The first kappa shape index (κ1) is 11.0. The first-order valence-corrected chi connectivity index (χ1v) is 4.40. The summed E-state index contributed by atoms with van der Waals surface area (Å²) < 4.78 is 18.3. The van der Waals surface area contributed by atoms with E-state index >= 15 is 0 Å². The average Bonchev–Trinajstić information content (AvgIpc) is 2.17. The molecule has 1 rings (SSSR count). The van der Waals surface area contributed by atoms with Gasteiger partial charge in [-0.1, -0.05) is 29.8 Å². The molecule has 14 heavy (non-hydrogen) atoms. The van der Waals surface area contributed by atoms with Gasteiger partial charge in [0.05, 0.1) is 7.11 Å². The Morgan fingerprint density at radius 2 is 2.07 bits per heavy atom. The first-order chi connectivity index (χ1) is 6.50. The Balaban J connectivity index is 3.16. The maximum Gasteiger partial charge on any atom is 0.348 e. The summed E-state index contributed by atoms with van der Waals surface area (Å²) in [5.74, 6) is -0.953. The molecule has 76 valence electrons. The van der Waals surface area contributed by atoms with Crippen LogP contribution in [0.25, 0.3) is 0 Å². The molecule has 1 aromatic carbocycles. The van der Waals surface area contributed by atoms with E-state index in [0.29, 0.717) is 0 Å². The minimum absolute atomic E-state index is 0.119. The molecule has 0 fully saturated rings. The van der Waals surface area contributed by atoms with E-state index in [1.54, 1.807) is 12.1 Å². The lowest BCUT2D eigenvalue weighted by Gasteiger charge is -2.18. The van der Waals surface area contributed by atoms with Gasteiger partial charge in [0.15, 0.2) is 0 Å². The second-order valence-corrected chi connectivity index (χ2v) is 3.38. The number of hydrogen-bond donors (Lipinski definition) is 0. The van der Waals surface area contributed by atoms with Crippen molar-refractivity contribution in [1.82, 2.24) is 0 Å². The van der Waals surface area contributed by atoms with Gasteiger partial charge in [-0.2, -0.15) is 0 Å². The van der Waals surface area contributed by atoms with E-state index < -0.39 is 11.6 Å². The minimum Gasteiger partial charge on any atom is -0.466 e. The fourth-order valence-corrected chi connectivity index (χ4v) is 1.46. The van der Waals surface area contributed by atoms with Gasteiger partial charge >= 0.3 is 5.97 Å². The Morgan fingerprint density at radius 1 is 1.50 bits per heavy atom. The largest absolute Gasteiger partial charge is 0.466 e. The molecule has 0 bridgehead atoms. The molecule has 0 heterocycles. The highest BCUT2D eigenvalue weighted by atomic mass is 35.5. The van der Waals surface area contributed by atoms with Crippen LogP contribution in [0.2, 0.25) is 5.02 Å². The third-order valence-corrected chi connectivity index (χ3v) is 2.28. The number of benzene rings is 1. The number of rotatable bonds is 2. The number of halogens is 2. The highest BCUT2D eigenvalue weighted by Crippen LogP contribution is 2.32. The van der Waals surface area contributed by atoms with E-state index in [0.717, 1.165) is 14.0 Å². The molecule has 0 radical (unpaired) electrons. The van der Waals surface area contributed by atoms with Crippen LogP contribution in [0.15, 0.2) is 24.3 Å². The van der Waals surface area contributed by atoms with Crippen molar-refractivity contribution in [2.45, 2.75) is 12.6 Å². The van der Waals surface area contributed by atoms with Gasteiger partial charge in [0.1, 0.15) is 0 Å². The molecule has 0 aliphatic heterocycles. The van der Waals surface area contributed by atoms with Crippen molar-refractivity contribution in [3.63, 3.8) is 0 Å². The van der Waals surface area contributed by atoms with Crippen LogP contribution in [-0.4, -0.2) is 13.1 Å². The quantitative estimate of drug-likeness (QED) is 0.711. The van der Waals surface area contributed by atoms with Gasteiger partial charge in [-0.15, -0.1) is 0 Å². The fraction of sp³-hybridized carbons (Fsp3) is 0.300. The molecule has 0 aliphatic carbocycles. The van der Waals surface area contributed by atoms with E-state index in [2.05, 4.69) is 4.74 Å². The van der Waals surface area contributed by atoms with Crippen molar-refractivity contribution in [3.8, 4) is 0 Å². The zero-order chi connectivity index (χ0) is 10.8. The van der Waals surface area contributed by atoms with Crippen molar-refractivity contribution in [3.05, 3.63) is 34.9 Å². The Labute approximate surface area is 86.6 Å². The smallest absolute Gasteiger partial charge is 0.348 e. The van der Waals surface area contributed by atoms with Crippen LogP contribution < -0.4 is 0 Å². The highest BCUT2D eigenvalue weighted by molar-refractivity contribution is 6.31. The van der Waals surface area contributed by atoms with Crippen LogP contribution in [0, 0.1) is 0 Å². The van der Waals surface area contributed by atoms with Crippen molar-refractivity contribution >= 4 is 17.6 Å². The van der Waals surface area contributed by atoms with Crippen LogP contribution in [-0.2, 0) is 15.2 Å². The molecular formula is C10H10ClFO2. The number of ether oxygens (including phenoxy) is 1. The molecule has 0 aliphatic rings. The molecule has 0 aromatic heterocycles. The zero-order valence-corrected chi connectivity index (χ0v) is 8.64. The SMILES string of the molecule is COC(=O)C(C)(F)c1ccccc1Cl. The predicted octanol–water partition coefficient (Wildman–Crippen LogP) is 2.70. The average molecular weight is 217 g/mol. The van der Waals surface area contributed by atoms with Crippen molar-refractivity contribution < 1.29 is 13.9 Å². The first-order valence-electron chi connectivity index (χ1n) is 4.02. The summed E-state index contributed by atoms with van der Waals surface area (Å²) in [6, 6.07) is 6.26. The van der Waals surface area contributed by atoms with Crippen LogP contribution in [0.3, 0.4) is 0 Å². The Morgan fingerprint density at radius 3 is 2.57 bits per heavy atom. The molecule has 0 saturated heterocycles. The van der Waals surface area contributed by atoms with Crippen LogP contribution in [0.5, 0.6) is 0 Å². The molecule has 1 atom stereocenters. The standard InChI is InChI=1S/C10H10ClFO2/c1-10(12,9(13)14-2)7-5-3-4-6-8(7)11/h3-6H,1-2H3. The van der Waals surface area contributed by atoms with Crippen LogP contribution in [0.4, 0.5) is 4.39 Å². The molecule has 4 heteroatoms. The summed E-state index contributed by atoms with van der Waals surface area (Å²) in [7, 11) is 1.14. The summed E-state index contributed by atoms with van der Waals surface area (Å²) in [4.78, 5) is 11.1. The third kappa shape index (κ3) is 1.87. The maximum atomic E-state index is 13.9. The number of alkyl halides is 1. The third-order valence-electron chi connectivity index (χ3n) is 1.95. The Bertz CT molecular complexity index is 350. The number of carbonyl (C=O) groups excluding carboxylic acids is 1.